The van der Waals surface area contributed by atoms with Crippen molar-refractivity contribution in [1.82, 2.24) is 9.80 Å². The highest BCUT2D eigenvalue weighted by Crippen LogP contribution is 2.21. The lowest BCUT2D eigenvalue weighted by atomic mass is 10.1. The van der Waals surface area contributed by atoms with Gasteiger partial charge in [-0.2, -0.15) is 0 Å². The third-order valence-corrected chi connectivity index (χ3v) is 3.94. The number of rotatable bonds is 2. The fourth-order valence-corrected chi connectivity index (χ4v) is 2.34. The Morgan fingerprint density at radius 2 is 2.05 bits per heavy atom. The molecule has 0 atom stereocenters. The van der Waals surface area contributed by atoms with Gasteiger partial charge in [-0.15, -0.1) is 6.42 Å². The largest absolute Gasteiger partial charge is 0.398 e. The first-order valence-corrected chi connectivity index (χ1v) is 6.91. The molecule has 1 fully saturated rings. The second kappa shape index (κ2) is 6.09. The molecule has 0 bridgehead atoms. The first kappa shape index (κ1) is 13.9. The molecule has 0 aliphatic carbocycles. The van der Waals surface area contributed by atoms with Gasteiger partial charge in [-0.05, 0) is 34.1 Å². The van der Waals surface area contributed by atoms with Gasteiger partial charge in [-0.3, -0.25) is 9.69 Å². The monoisotopic (exact) mass is 321 g/mol. The molecule has 1 heterocycles. The van der Waals surface area contributed by atoms with E-state index in [0.717, 1.165) is 17.6 Å². The van der Waals surface area contributed by atoms with Gasteiger partial charge < -0.3 is 10.6 Å². The summed E-state index contributed by atoms with van der Waals surface area (Å²) in [7, 11) is 0. The summed E-state index contributed by atoms with van der Waals surface area (Å²) in [5, 5.41) is 0. The van der Waals surface area contributed by atoms with Crippen LogP contribution in [0.25, 0.3) is 0 Å². The molecule has 0 spiro atoms. The molecule has 1 aliphatic heterocycles. The van der Waals surface area contributed by atoms with Crippen molar-refractivity contribution >= 4 is 27.5 Å². The number of nitrogens with zero attached hydrogens (tertiary/aromatic N) is 2. The van der Waals surface area contributed by atoms with Crippen molar-refractivity contribution in [3.63, 3.8) is 0 Å². The van der Waals surface area contributed by atoms with E-state index in [-0.39, 0.29) is 5.91 Å². The number of nitrogens with two attached hydrogens (primary N) is 1. The van der Waals surface area contributed by atoms with Crippen LogP contribution < -0.4 is 5.73 Å². The summed E-state index contributed by atoms with van der Waals surface area (Å²) in [6.07, 6.45) is 5.29. The molecular formula is C14H16BrN3O. The smallest absolute Gasteiger partial charge is 0.254 e. The van der Waals surface area contributed by atoms with Crippen molar-refractivity contribution in [3.05, 3.63) is 28.2 Å². The Bertz CT molecular complexity index is 516. The maximum atomic E-state index is 12.3. The molecule has 19 heavy (non-hydrogen) atoms. The maximum Gasteiger partial charge on any atom is 0.254 e. The van der Waals surface area contributed by atoms with E-state index in [4.69, 9.17) is 12.2 Å². The Morgan fingerprint density at radius 1 is 1.37 bits per heavy atom. The highest BCUT2D eigenvalue weighted by Gasteiger charge is 2.21. The normalized spacial score (nSPS) is 16.1. The van der Waals surface area contributed by atoms with Crippen LogP contribution in [0, 0.1) is 12.3 Å². The number of carbonyl (C=O) groups is 1. The number of benzene rings is 1. The van der Waals surface area contributed by atoms with E-state index in [1.807, 2.05) is 4.90 Å². The zero-order valence-electron chi connectivity index (χ0n) is 10.6. The van der Waals surface area contributed by atoms with Gasteiger partial charge >= 0.3 is 0 Å². The van der Waals surface area contributed by atoms with Crippen LogP contribution in [0.1, 0.15) is 10.4 Å². The summed E-state index contributed by atoms with van der Waals surface area (Å²) >= 11 is 3.32. The summed E-state index contributed by atoms with van der Waals surface area (Å²) < 4.78 is 0.808. The summed E-state index contributed by atoms with van der Waals surface area (Å²) in [6, 6.07) is 5.30. The zero-order chi connectivity index (χ0) is 13.8. The lowest BCUT2D eigenvalue weighted by Gasteiger charge is -2.33. The first-order chi connectivity index (χ1) is 9.11. The lowest BCUT2D eigenvalue weighted by Crippen LogP contribution is -2.48. The second-order valence-corrected chi connectivity index (χ2v) is 5.36. The minimum Gasteiger partial charge on any atom is -0.398 e. The Balaban J connectivity index is 2.01. The first-order valence-electron chi connectivity index (χ1n) is 6.12. The average Bonchev–Trinajstić information content (AvgIpc) is 2.42. The van der Waals surface area contributed by atoms with Gasteiger partial charge in [0.15, 0.2) is 0 Å². The molecular weight excluding hydrogens is 306 g/mol. The molecule has 100 valence electrons. The maximum absolute atomic E-state index is 12.3. The molecule has 0 saturated carbocycles. The molecule has 2 N–H and O–H groups in total. The molecule has 4 nitrogen and oxygen atoms in total. The van der Waals surface area contributed by atoms with Crippen molar-refractivity contribution in [2.45, 2.75) is 0 Å². The molecule has 1 aromatic carbocycles. The number of hydrogen-bond acceptors (Lipinski definition) is 3. The van der Waals surface area contributed by atoms with Crippen LogP contribution in [-0.4, -0.2) is 48.4 Å². The third kappa shape index (κ3) is 3.28. The van der Waals surface area contributed by atoms with Crippen molar-refractivity contribution in [3.8, 4) is 12.3 Å². The number of halogens is 1. The lowest BCUT2D eigenvalue weighted by molar-refractivity contribution is 0.0652. The standard InChI is InChI=1S/C14H16BrN3O/c1-2-5-17-6-8-18(9-7-17)14(19)11-3-4-12(15)13(16)10-11/h1,3-4,10H,5-9,16H2. The second-order valence-electron chi connectivity index (χ2n) is 4.51. The van der Waals surface area contributed by atoms with Crippen LogP contribution in [0.5, 0.6) is 0 Å². The summed E-state index contributed by atoms with van der Waals surface area (Å²) in [4.78, 5) is 16.3. The quantitative estimate of drug-likeness (QED) is 0.662. The number of terminal acetylenes is 1. The summed E-state index contributed by atoms with van der Waals surface area (Å²) in [6.45, 7) is 3.70. The van der Waals surface area contributed by atoms with Crippen molar-refractivity contribution in [1.29, 1.82) is 0 Å². The van der Waals surface area contributed by atoms with Crippen LogP contribution in [0.4, 0.5) is 5.69 Å². The topological polar surface area (TPSA) is 49.6 Å². The molecule has 1 saturated heterocycles. The highest BCUT2D eigenvalue weighted by atomic mass is 79.9. The van der Waals surface area contributed by atoms with E-state index in [9.17, 15) is 4.79 Å². The molecule has 0 unspecified atom stereocenters. The Hall–Kier alpha value is -1.51. The molecule has 1 amide bonds. The van der Waals surface area contributed by atoms with E-state index < -0.39 is 0 Å². The fraction of sp³-hybridized carbons (Fsp3) is 0.357. The third-order valence-electron chi connectivity index (χ3n) is 3.22. The highest BCUT2D eigenvalue weighted by molar-refractivity contribution is 9.10. The van der Waals surface area contributed by atoms with Gasteiger partial charge in [0.05, 0.1) is 6.54 Å². The van der Waals surface area contributed by atoms with E-state index in [1.54, 1.807) is 18.2 Å². The summed E-state index contributed by atoms with van der Waals surface area (Å²) in [5.74, 6) is 2.65. The molecule has 2 rings (SSSR count). The van der Waals surface area contributed by atoms with Gasteiger partial charge in [-0.1, -0.05) is 5.92 Å². The Labute approximate surface area is 121 Å². The molecule has 1 aliphatic rings. The number of anilines is 1. The zero-order valence-corrected chi connectivity index (χ0v) is 12.2. The van der Waals surface area contributed by atoms with Crippen LogP contribution in [-0.2, 0) is 0 Å². The molecule has 0 radical (unpaired) electrons. The minimum atomic E-state index is 0.0274. The minimum absolute atomic E-state index is 0.0274. The SMILES string of the molecule is C#CCN1CCN(C(=O)c2ccc(Br)c(N)c2)CC1. The number of nitrogen functional groups attached to an aromatic ring is 1. The van der Waals surface area contributed by atoms with E-state index in [1.165, 1.54) is 0 Å². The number of hydrogen-bond donors (Lipinski definition) is 1. The van der Waals surface area contributed by atoms with Crippen LogP contribution in [0.15, 0.2) is 22.7 Å². The van der Waals surface area contributed by atoms with Gasteiger partial charge in [0, 0.05) is 41.9 Å². The van der Waals surface area contributed by atoms with Crippen LogP contribution >= 0.6 is 15.9 Å². The molecule has 5 heteroatoms. The van der Waals surface area contributed by atoms with Gasteiger partial charge in [0.25, 0.3) is 5.91 Å². The number of carbonyl (C=O) groups excluding carboxylic acids is 1. The van der Waals surface area contributed by atoms with Gasteiger partial charge in [0.2, 0.25) is 0 Å². The van der Waals surface area contributed by atoms with E-state index in [2.05, 4.69) is 26.8 Å². The van der Waals surface area contributed by atoms with Crippen LogP contribution in [0.3, 0.4) is 0 Å². The van der Waals surface area contributed by atoms with Crippen molar-refractivity contribution in [2.24, 2.45) is 0 Å². The fourth-order valence-electron chi connectivity index (χ4n) is 2.10. The predicted molar refractivity (Wildman–Crippen MR) is 79.7 cm³/mol. The Morgan fingerprint density at radius 3 is 2.63 bits per heavy atom. The predicted octanol–water partition coefficient (Wildman–Crippen LogP) is 1.42. The van der Waals surface area contributed by atoms with E-state index >= 15 is 0 Å². The van der Waals surface area contributed by atoms with Crippen LogP contribution in [0.2, 0.25) is 0 Å². The van der Waals surface area contributed by atoms with Gasteiger partial charge in [-0.25, -0.2) is 0 Å². The molecule has 0 aromatic heterocycles. The number of amides is 1. The van der Waals surface area contributed by atoms with Crippen molar-refractivity contribution in [2.75, 3.05) is 38.5 Å². The van der Waals surface area contributed by atoms with Gasteiger partial charge in [0.1, 0.15) is 0 Å². The number of piperazine rings is 1. The van der Waals surface area contributed by atoms with Crippen molar-refractivity contribution < 1.29 is 4.79 Å². The Kier molecular flexibility index (Phi) is 4.46. The average molecular weight is 322 g/mol. The molecule has 1 aromatic rings. The van der Waals surface area contributed by atoms with E-state index in [0.29, 0.717) is 30.9 Å². The summed E-state index contributed by atoms with van der Waals surface area (Å²) in [5.41, 5.74) is 7.01.